The maximum absolute atomic E-state index is 13.1. The Morgan fingerprint density at radius 2 is 1.72 bits per heavy atom. The average Bonchev–Trinajstić information content (AvgIpc) is 3.05. The van der Waals surface area contributed by atoms with Gasteiger partial charge < -0.3 is 10.0 Å². The zero-order chi connectivity index (χ0) is 22.8. The highest BCUT2D eigenvalue weighted by Gasteiger charge is 2.46. The molecule has 3 aromatic rings. The molecule has 5 heteroatoms. The maximum Gasteiger partial charge on any atom is 0.295 e. The van der Waals surface area contributed by atoms with Crippen LogP contribution in [0.5, 0.6) is 0 Å². The Balaban J connectivity index is 1.84. The van der Waals surface area contributed by atoms with Crippen LogP contribution in [0.15, 0.2) is 78.6 Å². The molecule has 0 spiro atoms. The van der Waals surface area contributed by atoms with Crippen LogP contribution in [0.4, 0.5) is 0 Å². The molecule has 1 unspecified atom stereocenters. The second kappa shape index (κ2) is 8.79. The Bertz CT molecular complexity index is 1160. The van der Waals surface area contributed by atoms with Crippen LogP contribution in [0.3, 0.4) is 0 Å². The number of hydrogen-bond donors (Lipinski definition) is 1. The third-order valence-corrected chi connectivity index (χ3v) is 5.91. The summed E-state index contributed by atoms with van der Waals surface area (Å²) in [5.41, 5.74) is 4.52. The predicted octanol–water partition coefficient (Wildman–Crippen LogP) is 4.55. The number of aryl methyl sites for hydroxylation is 1. The molecule has 0 radical (unpaired) electrons. The number of H-pyrrole nitrogens is 1. The first-order chi connectivity index (χ1) is 15.4. The number of amides is 1. The number of ketones is 1. The molecule has 2 heterocycles. The van der Waals surface area contributed by atoms with E-state index >= 15 is 0 Å². The van der Waals surface area contributed by atoms with E-state index in [4.69, 9.17) is 0 Å². The molecular formula is C27H27N2O3+. The number of aliphatic hydroxyl groups excluding tert-OH is 1. The van der Waals surface area contributed by atoms with Crippen molar-refractivity contribution in [2.75, 3.05) is 0 Å². The fraction of sp³-hybridized carbons (Fsp3) is 0.222. The Labute approximate surface area is 188 Å². The summed E-state index contributed by atoms with van der Waals surface area (Å²) >= 11 is 0. The van der Waals surface area contributed by atoms with Crippen molar-refractivity contribution in [2.45, 2.75) is 39.3 Å². The van der Waals surface area contributed by atoms with Crippen LogP contribution in [0.25, 0.3) is 5.76 Å². The van der Waals surface area contributed by atoms with Crippen molar-refractivity contribution < 1.29 is 19.7 Å². The number of Topliss-reactive ketones (excluding diaryl/α,β-unsaturated/α-hetero) is 1. The molecule has 1 amide bonds. The van der Waals surface area contributed by atoms with Crippen molar-refractivity contribution in [1.82, 2.24) is 4.90 Å². The molecule has 1 fully saturated rings. The summed E-state index contributed by atoms with van der Waals surface area (Å²) < 4.78 is 0. The number of aromatic nitrogens is 1. The second-order valence-corrected chi connectivity index (χ2v) is 8.53. The van der Waals surface area contributed by atoms with E-state index in [0.717, 1.165) is 16.7 Å². The van der Waals surface area contributed by atoms with Gasteiger partial charge in [-0.1, -0.05) is 67.9 Å². The number of likely N-dealkylation sites (tertiary alicyclic amines) is 1. The molecule has 32 heavy (non-hydrogen) atoms. The van der Waals surface area contributed by atoms with Crippen molar-refractivity contribution in [2.24, 2.45) is 0 Å². The smallest absolute Gasteiger partial charge is 0.295 e. The monoisotopic (exact) mass is 427 g/mol. The lowest BCUT2D eigenvalue weighted by Crippen LogP contribution is -2.29. The first kappa shape index (κ1) is 21.5. The topological polar surface area (TPSA) is 71.8 Å². The highest BCUT2D eigenvalue weighted by atomic mass is 16.3. The summed E-state index contributed by atoms with van der Waals surface area (Å²) in [7, 11) is 0. The van der Waals surface area contributed by atoms with Crippen LogP contribution in [-0.2, 0) is 16.1 Å². The van der Waals surface area contributed by atoms with Gasteiger partial charge in [0.25, 0.3) is 11.7 Å². The van der Waals surface area contributed by atoms with Gasteiger partial charge in [-0.25, -0.2) is 4.98 Å². The molecule has 2 N–H and O–H groups in total. The lowest BCUT2D eigenvalue weighted by Gasteiger charge is -2.25. The van der Waals surface area contributed by atoms with E-state index in [1.807, 2.05) is 55.5 Å². The number of pyridine rings is 1. The van der Waals surface area contributed by atoms with E-state index in [2.05, 4.69) is 18.8 Å². The molecule has 162 valence electrons. The Hall–Kier alpha value is -3.73. The van der Waals surface area contributed by atoms with Crippen LogP contribution < -0.4 is 4.98 Å². The van der Waals surface area contributed by atoms with Crippen molar-refractivity contribution in [1.29, 1.82) is 0 Å². The molecule has 1 aromatic heterocycles. The first-order valence-corrected chi connectivity index (χ1v) is 10.8. The largest absolute Gasteiger partial charge is 0.507 e. The number of benzene rings is 2. The molecule has 0 aliphatic carbocycles. The zero-order valence-corrected chi connectivity index (χ0v) is 18.5. The number of carbonyl (C=O) groups excluding carboxylic acids is 2. The van der Waals surface area contributed by atoms with Crippen LogP contribution in [0.2, 0.25) is 0 Å². The summed E-state index contributed by atoms with van der Waals surface area (Å²) in [6.07, 6.45) is 3.59. The van der Waals surface area contributed by atoms with E-state index in [1.54, 1.807) is 24.5 Å². The van der Waals surface area contributed by atoms with Gasteiger partial charge in [0.05, 0.1) is 18.2 Å². The Morgan fingerprint density at radius 1 is 1.03 bits per heavy atom. The van der Waals surface area contributed by atoms with Crippen LogP contribution in [0, 0.1) is 6.92 Å². The fourth-order valence-electron chi connectivity index (χ4n) is 4.05. The number of nitrogens with one attached hydrogen (secondary N) is 1. The van der Waals surface area contributed by atoms with Gasteiger partial charge in [-0.3, -0.25) is 9.59 Å². The van der Waals surface area contributed by atoms with Gasteiger partial charge in [-0.05, 0) is 30.0 Å². The highest BCUT2D eigenvalue weighted by Crippen LogP contribution is 2.40. The van der Waals surface area contributed by atoms with Gasteiger partial charge in [0.2, 0.25) is 0 Å². The summed E-state index contributed by atoms with van der Waals surface area (Å²) in [5.74, 6) is -1.06. The Morgan fingerprint density at radius 3 is 2.31 bits per heavy atom. The number of rotatable bonds is 5. The minimum absolute atomic E-state index is 0.121. The molecule has 5 nitrogen and oxygen atoms in total. The lowest BCUT2D eigenvalue weighted by molar-refractivity contribution is -0.378. The van der Waals surface area contributed by atoms with Gasteiger partial charge in [0.1, 0.15) is 5.76 Å². The van der Waals surface area contributed by atoms with Gasteiger partial charge in [0, 0.05) is 17.2 Å². The molecule has 0 bridgehead atoms. The predicted molar refractivity (Wildman–Crippen MR) is 123 cm³/mol. The second-order valence-electron chi connectivity index (χ2n) is 8.53. The van der Waals surface area contributed by atoms with Crippen molar-refractivity contribution in [3.05, 3.63) is 106 Å². The summed E-state index contributed by atoms with van der Waals surface area (Å²) in [4.78, 5) is 30.8. The third-order valence-electron chi connectivity index (χ3n) is 5.91. The fourth-order valence-corrected chi connectivity index (χ4v) is 4.05. The molecule has 1 saturated heterocycles. The molecule has 1 atom stereocenters. The number of hydrogen-bond acceptors (Lipinski definition) is 3. The lowest BCUT2D eigenvalue weighted by atomic mass is 9.93. The van der Waals surface area contributed by atoms with Gasteiger partial charge in [-0.15, -0.1) is 0 Å². The quantitative estimate of drug-likeness (QED) is 0.369. The minimum Gasteiger partial charge on any atom is -0.507 e. The van der Waals surface area contributed by atoms with Crippen LogP contribution in [-0.4, -0.2) is 21.7 Å². The molecule has 2 aromatic carbocycles. The van der Waals surface area contributed by atoms with Gasteiger partial charge in [-0.2, -0.15) is 0 Å². The van der Waals surface area contributed by atoms with Crippen molar-refractivity contribution in [3.8, 4) is 0 Å². The number of carbonyl (C=O) groups is 2. The van der Waals surface area contributed by atoms with Crippen LogP contribution in [0.1, 0.15) is 53.6 Å². The molecule has 4 rings (SSSR count). The normalized spacial score (nSPS) is 17.9. The van der Waals surface area contributed by atoms with E-state index < -0.39 is 17.7 Å². The molecule has 1 aliphatic rings. The summed E-state index contributed by atoms with van der Waals surface area (Å²) in [5, 5.41) is 11.1. The zero-order valence-electron chi connectivity index (χ0n) is 18.5. The highest BCUT2D eigenvalue weighted by molar-refractivity contribution is 6.46. The maximum atomic E-state index is 13.1. The molecule has 1 aliphatic heterocycles. The standard InChI is InChI=1S/C27H26N2O3/c1-17(2)20-10-12-21(13-11-20)24-23(25(30)22-8-6-18(3)7-9-22)26(31)27(32)29(24)16-19-5-4-14-28-15-19/h4-15,17,24,30H,16H2,1-3H3/p+1. The SMILES string of the molecule is Cc1ccc(C(O)=C2C(=O)C(=O)N(Cc3ccc[nH+]c3)C2c2ccc(C(C)C)cc2)cc1. The molecule has 0 saturated carbocycles. The van der Waals surface area contributed by atoms with E-state index in [0.29, 0.717) is 11.5 Å². The van der Waals surface area contributed by atoms with E-state index in [1.165, 1.54) is 10.5 Å². The van der Waals surface area contributed by atoms with E-state index in [9.17, 15) is 14.7 Å². The first-order valence-electron chi connectivity index (χ1n) is 10.8. The van der Waals surface area contributed by atoms with Crippen molar-refractivity contribution in [3.63, 3.8) is 0 Å². The van der Waals surface area contributed by atoms with Gasteiger partial charge >= 0.3 is 0 Å². The Kier molecular flexibility index (Phi) is 5.91. The number of nitrogens with zero attached hydrogens (tertiary/aromatic N) is 1. The summed E-state index contributed by atoms with van der Waals surface area (Å²) in [6, 6.07) is 18.3. The third kappa shape index (κ3) is 4.06. The van der Waals surface area contributed by atoms with Crippen LogP contribution >= 0.6 is 0 Å². The minimum atomic E-state index is -0.669. The van der Waals surface area contributed by atoms with Crippen molar-refractivity contribution >= 4 is 17.4 Å². The summed E-state index contributed by atoms with van der Waals surface area (Å²) in [6.45, 7) is 6.44. The van der Waals surface area contributed by atoms with Gasteiger partial charge in [0.15, 0.2) is 12.4 Å². The average molecular weight is 428 g/mol. The van der Waals surface area contributed by atoms with E-state index in [-0.39, 0.29) is 17.9 Å². The number of aliphatic hydroxyl groups is 1. The number of aromatic amines is 1. The molecular weight excluding hydrogens is 400 g/mol.